The van der Waals surface area contributed by atoms with Crippen molar-refractivity contribution in [2.75, 3.05) is 26.2 Å². The molecule has 1 aliphatic heterocycles. The fourth-order valence-corrected chi connectivity index (χ4v) is 5.61. The van der Waals surface area contributed by atoms with Crippen molar-refractivity contribution in [2.45, 2.75) is 25.3 Å². The van der Waals surface area contributed by atoms with Gasteiger partial charge in [-0.2, -0.15) is 0 Å². The molecule has 0 bridgehead atoms. The predicted molar refractivity (Wildman–Crippen MR) is 134 cm³/mol. The number of thiophene rings is 1. The Balaban J connectivity index is 1.34. The zero-order chi connectivity index (χ0) is 24.4. The molecule has 0 spiro atoms. The van der Waals surface area contributed by atoms with Gasteiger partial charge in [0.1, 0.15) is 24.7 Å². The number of hydrogen-bond acceptors (Lipinski definition) is 4. The Kier molecular flexibility index (Phi) is 7.07. The lowest BCUT2D eigenvalue weighted by Crippen LogP contribution is -2.48. The Morgan fingerprint density at radius 3 is 2.74 bits per heavy atom. The highest BCUT2D eigenvalue weighted by molar-refractivity contribution is 7.10. The molecule has 1 aromatic heterocycles. The van der Waals surface area contributed by atoms with E-state index in [0.717, 1.165) is 24.8 Å². The topological polar surface area (TPSA) is 49.9 Å². The van der Waals surface area contributed by atoms with Crippen LogP contribution in [0.1, 0.15) is 39.7 Å². The van der Waals surface area contributed by atoms with Gasteiger partial charge >= 0.3 is 0 Å². The number of ether oxygens (including phenoxy) is 1. The Morgan fingerprint density at radius 1 is 1.14 bits per heavy atom. The van der Waals surface area contributed by atoms with E-state index in [-0.39, 0.29) is 36.8 Å². The Bertz CT molecular complexity index is 1230. The second kappa shape index (κ2) is 10.4. The molecular weight excluding hydrogens is 487 g/mol. The minimum absolute atomic E-state index is 0.00220. The summed E-state index contributed by atoms with van der Waals surface area (Å²) in [6.07, 6.45) is 2.90. The molecule has 0 N–H and O–H groups in total. The first kappa shape index (κ1) is 23.8. The van der Waals surface area contributed by atoms with Gasteiger partial charge in [-0.3, -0.25) is 9.59 Å². The molecule has 2 aromatic carbocycles. The normalized spacial score (nSPS) is 17.1. The molecule has 182 valence electrons. The zero-order valence-electron chi connectivity index (χ0n) is 19.2. The largest absolute Gasteiger partial charge is 0.491 e. The molecule has 2 amide bonds. The van der Waals surface area contributed by atoms with E-state index in [1.54, 1.807) is 57.5 Å². The van der Waals surface area contributed by atoms with Crippen LogP contribution in [0.5, 0.6) is 5.75 Å². The number of fused-ring (bicyclic) bond motifs is 1. The minimum Gasteiger partial charge on any atom is -0.491 e. The summed E-state index contributed by atoms with van der Waals surface area (Å²) >= 11 is 7.78. The molecule has 0 radical (unpaired) electrons. The first-order valence-corrected chi connectivity index (χ1v) is 13.0. The van der Waals surface area contributed by atoms with Crippen LogP contribution in [0.25, 0.3) is 0 Å². The van der Waals surface area contributed by atoms with Crippen LogP contribution in [-0.4, -0.2) is 47.9 Å². The minimum atomic E-state index is -0.370. The van der Waals surface area contributed by atoms with Crippen LogP contribution in [0.4, 0.5) is 4.39 Å². The van der Waals surface area contributed by atoms with E-state index in [4.69, 9.17) is 16.3 Å². The van der Waals surface area contributed by atoms with Gasteiger partial charge in [0.25, 0.3) is 5.91 Å². The van der Waals surface area contributed by atoms with Gasteiger partial charge in [-0.15, -0.1) is 11.3 Å². The van der Waals surface area contributed by atoms with Gasteiger partial charge in [0.05, 0.1) is 6.04 Å². The van der Waals surface area contributed by atoms with Crippen LogP contribution in [0, 0.1) is 11.7 Å². The summed E-state index contributed by atoms with van der Waals surface area (Å²) in [4.78, 5) is 31.6. The third-order valence-corrected chi connectivity index (χ3v) is 7.71. The fraction of sp³-hybridized carbons (Fsp3) is 0.333. The molecule has 1 fully saturated rings. The molecule has 5 rings (SSSR count). The molecular formula is C27H26ClFN2O3S. The van der Waals surface area contributed by atoms with E-state index < -0.39 is 0 Å². The molecule has 5 nitrogen and oxygen atoms in total. The van der Waals surface area contributed by atoms with Crippen LogP contribution in [0.15, 0.2) is 60.0 Å². The number of amides is 2. The second-order valence-corrected chi connectivity index (χ2v) is 10.5. The standard InChI is InChI=1S/C27H26ClFN2O3S/c28-20-4-1-3-19(13-20)27(33)30(15-18-7-8-18)16-26(32)31-11-9-25-23(10-12-35-25)24(31)17-34-22-6-2-5-21(29)14-22/h1-6,10,12-14,18,24H,7-9,11,15-17H2/t24-/m0/s1. The SMILES string of the molecule is O=C(c1cccc(Cl)c1)N(CC(=O)N1CCc2sccc2[C@@H]1COc1cccc(F)c1)CC1CC1. The average molecular weight is 513 g/mol. The third-order valence-electron chi connectivity index (χ3n) is 6.48. The molecule has 1 aliphatic carbocycles. The number of benzene rings is 2. The lowest BCUT2D eigenvalue weighted by atomic mass is 10.0. The van der Waals surface area contributed by atoms with E-state index in [9.17, 15) is 14.0 Å². The van der Waals surface area contributed by atoms with Gasteiger partial charge in [0.15, 0.2) is 0 Å². The fourth-order valence-electron chi connectivity index (χ4n) is 4.50. The molecule has 3 aromatic rings. The molecule has 1 atom stereocenters. The molecule has 0 saturated heterocycles. The first-order chi connectivity index (χ1) is 17.0. The molecule has 2 heterocycles. The number of carbonyl (C=O) groups is 2. The number of rotatable bonds is 8. The van der Waals surface area contributed by atoms with Crippen LogP contribution >= 0.6 is 22.9 Å². The summed E-state index contributed by atoms with van der Waals surface area (Å²) in [7, 11) is 0. The van der Waals surface area contributed by atoms with Crippen molar-refractivity contribution in [3.8, 4) is 5.75 Å². The van der Waals surface area contributed by atoms with Gasteiger partial charge in [0.2, 0.25) is 5.91 Å². The van der Waals surface area contributed by atoms with Crippen LogP contribution in [0.2, 0.25) is 5.02 Å². The monoisotopic (exact) mass is 512 g/mol. The van der Waals surface area contributed by atoms with Crippen molar-refractivity contribution < 1.29 is 18.7 Å². The summed E-state index contributed by atoms with van der Waals surface area (Å²) in [6.45, 7) is 1.31. The lowest BCUT2D eigenvalue weighted by Gasteiger charge is -2.37. The Morgan fingerprint density at radius 2 is 1.97 bits per heavy atom. The molecule has 2 aliphatic rings. The highest BCUT2D eigenvalue weighted by Crippen LogP contribution is 2.35. The average Bonchev–Trinajstić information content (AvgIpc) is 3.54. The maximum atomic E-state index is 13.6. The van der Waals surface area contributed by atoms with Crippen LogP contribution in [0.3, 0.4) is 0 Å². The second-order valence-electron chi connectivity index (χ2n) is 9.06. The predicted octanol–water partition coefficient (Wildman–Crippen LogP) is 5.60. The Hall–Kier alpha value is -2.90. The van der Waals surface area contributed by atoms with Gasteiger partial charge in [-0.1, -0.05) is 23.7 Å². The lowest BCUT2D eigenvalue weighted by molar-refractivity contribution is -0.135. The summed E-state index contributed by atoms with van der Waals surface area (Å²) in [5, 5.41) is 2.51. The zero-order valence-corrected chi connectivity index (χ0v) is 20.7. The summed E-state index contributed by atoms with van der Waals surface area (Å²) < 4.78 is 19.5. The van der Waals surface area contributed by atoms with Crippen molar-refractivity contribution in [2.24, 2.45) is 5.92 Å². The highest BCUT2D eigenvalue weighted by atomic mass is 35.5. The van der Waals surface area contributed by atoms with Crippen molar-refractivity contribution in [1.29, 1.82) is 0 Å². The summed E-state index contributed by atoms with van der Waals surface area (Å²) in [5.41, 5.74) is 1.54. The maximum Gasteiger partial charge on any atom is 0.254 e. The van der Waals surface area contributed by atoms with E-state index in [1.807, 2.05) is 11.4 Å². The van der Waals surface area contributed by atoms with Crippen molar-refractivity contribution in [3.63, 3.8) is 0 Å². The number of hydrogen-bond donors (Lipinski definition) is 0. The van der Waals surface area contributed by atoms with E-state index >= 15 is 0 Å². The molecule has 1 saturated carbocycles. The summed E-state index contributed by atoms with van der Waals surface area (Å²) in [5.74, 6) is 0.180. The van der Waals surface area contributed by atoms with Gasteiger partial charge < -0.3 is 14.5 Å². The van der Waals surface area contributed by atoms with E-state index in [1.165, 1.54) is 17.0 Å². The summed E-state index contributed by atoms with van der Waals surface area (Å²) in [6, 6.07) is 14.6. The first-order valence-electron chi connectivity index (χ1n) is 11.8. The highest BCUT2D eigenvalue weighted by Gasteiger charge is 2.35. The number of halogens is 2. The van der Waals surface area contributed by atoms with Crippen molar-refractivity contribution >= 4 is 34.8 Å². The van der Waals surface area contributed by atoms with Gasteiger partial charge in [0, 0.05) is 34.6 Å². The molecule has 8 heteroatoms. The Labute approximate surface area is 213 Å². The van der Waals surface area contributed by atoms with E-state index in [2.05, 4.69) is 0 Å². The van der Waals surface area contributed by atoms with Crippen molar-refractivity contribution in [1.82, 2.24) is 9.80 Å². The van der Waals surface area contributed by atoms with Crippen molar-refractivity contribution in [3.05, 3.63) is 86.8 Å². The number of carbonyl (C=O) groups excluding carboxylic acids is 2. The van der Waals surface area contributed by atoms with Crippen LogP contribution < -0.4 is 4.74 Å². The van der Waals surface area contributed by atoms with E-state index in [0.29, 0.717) is 35.3 Å². The number of nitrogens with zero attached hydrogens (tertiary/aromatic N) is 2. The molecule has 0 unspecified atom stereocenters. The quantitative estimate of drug-likeness (QED) is 0.395. The van der Waals surface area contributed by atoms with Gasteiger partial charge in [-0.25, -0.2) is 4.39 Å². The smallest absolute Gasteiger partial charge is 0.254 e. The van der Waals surface area contributed by atoms with Gasteiger partial charge in [-0.05, 0) is 72.5 Å². The maximum absolute atomic E-state index is 13.6. The van der Waals surface area contributed by atoms with Crippen LogP contribution in [-0.2, 0) is 11.2 Å². The molecule has 35 heavy (non-hydrogen) atoms. The third kappa shape index (κ3) is 5.68.